The van der Waals surface area contributed by atoms with Crippen LogP contribution in [0, 0.1) is 18.8 Å². The summed E-state index contributed by atoms with van der Waals surface area (Å²) in [4.78, 5) is 12.1. The second-order valence-electron chi connectivity index (χ2n) is 5.98. The van der Waals surface area contributed by atoms with Crippen LogP contribution in [0.25, 0.3) is 0 Å². The fourth-order valence-electron chi connectivity index (χ4n) is 3.00. The Kier molecular flexibility index (Phi) is 5.60. The predicted molar refractivity (Wildman–Crippen MR) is 82.4 cm³/mol. The van der Waals surface area contributed by atoms with E-state index < -0.39 is 0 Å². The minimum atomic E-state index is 0.204. The van der Waals surface area contributed by atoms with Gasteiger partial charge in [-0.3, -0.25) is 4.79 Å². The molecular weight excluding hydrogens is 248 g/mol. The minimum Gasteiger partial charge on any atom is -0.356 e. The Bertz CT molecular complexity index is 436. The van der Waals surface area contributed by atoms with Crippen LogP contribution in [0.3, 0.4) is 0 Å². The van der Waals surface area contributed by atoms with E-state index in [0.29, 0.717) is 5.92 Å². The molecule has 1 amide bonds. The fraction of sp³-hybridized carbons (Fsp3) is 0.588. The zero-order valence-electron chi connectivity index (χ0n) is 12.4. The molecule has 0 aromatic heterocycles. The van der Waals surface area contributed by atoms with E-state index in [1.807, 2.05) is 0 Å². The van der Waals surface area contributed by atoms with E-state index >= 15 is 0 Å². The summed E-state index contributed by atoms with van der Waals surface area (Å²) in [6.07, 6.45) is 5.11. The molecule has 1 aromatic carbocycles. The third-order valence-corrected chi connectivity index (χ3v) is 4.35. The van der Waals surface area contributed by atoms with E-state index in [4.69, 9.17) is 5.73 Å². The molecule has 1 saturated carbocycles. The topological polar surface area (TPSA) is 55.1 Å². The van der Waals surface area contributed by atoms with E-state index in [2.05, 4.69) is 36.5 Å². The second-order valence-corrected chi connectivity index (χ2v) is 5.98. The highest BCUT2D eigenvalue weighted by Gasteiger charge is 2.25. The Morgan fingerprint density at radius 2 is 2.05 bits per heavy atom. The molecule has 1 aromatic rings. The van der Waals surface area contributed by atoms with Crippen LogP contribution in [0.2, 0.25) is 0 Å². The highest BCUT2D eigenvalue weighted by atomic mass is 16.1. The van der Waals surface area contributed by atoms with Crippen molar-refractivity contribution in [2.24, 2.45) is 17.6 Å². The van der Waals surface area contributed by atoms with Gasteiger partial charge in [-0.05, 0) is 57.1 Å². The Morgan fingerprint density at radius 1 is 1.30 bits per heavy atom. The minimum absolute atomic E-state index is 0.204. The third-order valence-electron chi connectivity index (χ3n) is 4.35. The van der Waals surface area contributed by atoms with Crippen LogP contribution in [0.4, 0.5) is 0 Å². The fourth-order valence-corrected chi connectivity index (χ4v) is 3.00. The van der Waals surface area contributed by atoms with Gasteiger partial charge in [-0.2, -0.15) is 0 Å². The van der Waals surface area contributed by atoms with Gasteiger partial charge < -0.3 is 11.1 Å². The molecule has 1 aliphatic rings. The van der Waals surface area contributed by atoms with Crippen molar-refractivity contribution in [3.63, 3.8) is 0 Å². The first-order valence-corrected chi connectivity index (χ1v) is 7.72. The highest BCUT2D eigenvalue weighted by molar-refractivity contribution is 5.78. The number of carbonyl (C=O) groups is 1. The third kappa shape index (κ3) is 4.34. The summed E-state index contributed by atoms with van der Waals surface area (Å²) < 4.78 is 0. The van der Waals surface area contributed by atoms with Crippen molar-refractivity contribution in [3.8, 4) is 0 Å². The van der Waals surface area contributed by atoms with Crippen LogP contribution < -0.4 is 11.1 Å². The maximum absolute atomic E-state index is 12.1. The highest BCUT2D eigenvalue weighted by Crippen LogP contribution is 2.28. The molecule has 0 heterocycles. The first-order chi connectivity index (χ1) is 9.69. The molecule has 0 aliphatic heterocycles. The predicted octanol–water partition coefficient (Wildman–Crippen LogP) is 2.42. The van der Waals surface area contributed by atoms with Gasteiger partial charge in [-0.1, -0.05) is 29.8 Å². The van der Waals surface area contributed by atoms with Crippen LogP contribution in [0.15, 0.2) is 24.3 Å². The molecule has 0 bridgehead atoms. The maximum Gasteiger partial charge on any atom is 0.223 e. The molecule has 1 fully saturated rings. The number of rotatable bonds is 5. The van der Waals surface area contributed by atoms with Crippen LogP contribution in [-0.4, -0.2) is 19.0 Å². The van der Waals surface area contributed by atoms with Crippen molar-refractivity contribution in [1.82, 2.24) is 5.32 Å². The van der Waals surface area contributed by atoms with Crippen molar-refractivity contribution < 1.29 is 4.79 Å². The quantitative estimate of drug-likeness (QED) is 0.866. The summed E-state index contributed by atoms with van der Waals surface area (Å²) in [7, 11) is 0. The second kappa shape index (κ2) is 7.44. The van der Waals surface area contributed by atoms with Crippen LogP contribution >= 0.6 is 0 Å². The average Bonchev–Trinajstić information content (AvgIpc) is 2.47. The van der Waals surface area contributed by atoms with Gasteiger partial charge in [0.05, 0.1) is 0 Å². The van der Waals surface area contributed by atoms with Crippen LogP contribution in [0.5, 0.6) is 0 Å². The smallest absolute Gasteiger partial charge is 0.223 e. The monoisotopic (exact) mass is 274 g/mol. The lowest BCUT2D eigenvalue weighted by molar-refractivity contribution is -0.126. The Labute approximate surface area is 121 Å². The lowest BCUT2D eigenvalue weighted by atomic mass is 9.81. The summed E-state index contributed by atoms with van der Waals surface area (Å²) in [6.45, 7) is 3.60. The Morgan fingerprint density at radius 3 is 2.70 bits per heavy atom. The van der Waals surface area contributed by atoms with E-state index in [0.717, 1.165) is 45.2 Å². The van der Waals surface area contributed by atoms with Crippen molar-refractivity contribution in [2.75, 3.05) is 13.1 Å². The molecule has 0 unspecified atom stereocenters. The lowest BCUT2D eigenvalue weighted by Crippen LogP contribution is -2.35. The van der Waals surface area contributed by atoms with Gasteiger partial charge in [0.2, 0.25) is 5.91 Å². The number of nitrogens with two attached hydrogens (primary N) is 1. The zero-order valence-corrected chi connectivity index (χ0v) is 12.4. The molecule has 3 nitrogen and oxygen atoms in total. The molecule has 2 rings (SSSR count). The van der Waals surface area contributed by atoms with E-state index in [-0.39, 0.29) is 11.8 Å². The summed E-state index contributed by atoms with van der Waals surface area (Å²) in [5.74, 6) is 1.06. The molecule has 0 atom stereocenters. The van der Waals surface area contributed by atoms with Crippen LogP contribution in [-0.2, 0) is 11.2 Å². The standard InChI is InChI=1S/C17H26N2O/c1-13-3-2-4-14(11-13)9-10-19-17(20)16-7-5-15(12-18)6-8-16/h2-4,11,15-16H,5-10,12,18H2,1H3,(H,19,20). The lowest BCUT2D eigenvalue weighted by Gasteiger charge is -2.26. The van der Waals surface area contributed by atoms with E-state index in [1.165, 1.54) is 11.1 Å². The van der Waals surface area contributed by atoms with E-state index in [9.17, 15) is 4.79 Å². The number of aryl methyl sites for hydroxylation is 1. The Balaban J connectivity index is 1.70. The summed E-state index contributed by atoms with van der Waals surface area (Å²) in [5.41, 5.74) is 8.24. The van der Waals surface area contributed by atoms with Gasteiger partial charge in [0.25, 0.3) is 0 Å². The number of hydrogen-bond donors (Lipinski definition) is 2. The molecule has 1 aliphatic carbocycles. The number of hydrogen-bond acceptors (Lipinski definition) is 2. The normalized spacial score (nSPS) is 22.5. The first kappa shape index (κ1) is 15.0. The van der Waals surface area contributed by atoms with Crippen LogP contribution in [0.1, 0.15) is 36.8 Å². The number of nitrogens with one attached hydrogen (secondary N) is 1. The molecular formula is C17H26N2O. The zero-order chi connectivity index (χ0) is 14.4. The molecule has 0 radical (unpaired) electrons. The summed E-state index contributed by atoms with van der Waals surface area (Å²) in [6, 6.07) is 8.46. The number of amides is 1. The molecule has 110 valence electrons. The van der Waals surface area contributed by atoms with Gasteiger partial charge in [0, 0.05) is 12.5 Å². The molecule has 3 N–H and O–H groups in total. The largest absolute Gasteiger partial charge is 0.356 e. The first-order valence-electron chi connectivity index (χ1n) is 7.72. The van der Waals surface area contributed by atoms with Crippen molar-refractivity contribution in [1.29, 1.82) is 0 Å². The summed E-state index contributed by atoms with van der Waals surface area (Å²) >= 11 is 0. The van der Waals surface area contributed by atoms with E-state index in [1.54, 1.807) is 0 Å². The Hall–Kier alpha value is -1.35. The molecule has 0 saturated heterocycles. The van der Waals surface area contributed by atoms with Gasteiger partial charge in [-0.25, -0.2) is 0 Å². The van der Waals surface area contributed by atoms with Gasteiger partial charge >= 0.3 is 0 Å². The SMILES string of the molecule is Cc1cccc(CCNC(=O)C2CCC(CN)CC2)c1. The maximum atomic E-state index is 12.1. The average molecular weight is 274 g/mol. The molecule has 3 heteroatoms. The van der Waals surface area contributed by atoms with Crippen molar-refractivity contribution >= 4 is 5.91 Å². The van der Waals surface area contributed by atoms with Gasteiger partial charge in [-0.15, -0.1) is 0 Å². The van der Waals surface area contributed by atoms with Gasteiger partial charge in [0.15, 0.2) is 0 Å². The van der Waals surface area contributed by atoms with Gasteiger partial charge in [0.1, 0.15) is 0 Å². The number of benzene rings is 1. The molecule has 0 spiro atoms. The number of carbonyl (C=O) groups excluding carboxylic acids is 1. The van der Waals surface area contributed by atoms with Crippen molar-refractivity contribution in [3.05, 3.63) is 35.4 Å². The molecule has 20 heavy (non-hydrogen) atoms. The van der Waals surface area contributed by atoms with Crippen molar-refractivity contribution in [2.45, 2.75) is 39.0 Å². The summed E-state index contributed by atoms with van der Waals surface area (Å²) in [5, 5.41) is 3.08.